The summed E-state index contributed by atoms with van der Waals surface area (Å²) in [6.07, 6.45) is 1.00. The standard InChI is InChI=1S/C17H17Cl2N3O3/c18-13-4-3-12(16(19)10-13)11-21-17(23)2-1-9-20-14-5-7-15(8-6-14)22(24)25/h3-8,10,20H,1-2,9,11H2,(H,21,23). The molecule has 2 aromatic carbocycles. The van der Waals surface area contributed by atoms with E-state index in [-0.39, 0.29) is 11.6 Å². The Morgan fingerprint density at radius 2 is 1.84 bits per heavy atom. The van der Waals surface area contributed by atoms with E-state index in [0.717, 1.165) is 11.3 Å². The lowest BCUT2D eigenvalue weighted by Crippen LogP contribution is -2.23. The third-order valence-corrected chi connectivity index (χ3v) is 4.07. The van der Waals surface area contributed by atoms with Crippen LogP contribution in [0.2, 0.25) is 10.0 Å². The number of non-ortho nitro benzene ring substituents is 1. The van der Waals surface area contributed by atoms with E-state index in [2.05, 4.69) is 10.6 Å². The van der Waals surface area contributed by atoms with Crippen LogP contribution in [0, 0.1) is 10.1 Å². The zero-order chi connectivity index (χ0) is 18.2. The zero-order valence-electron chi connectivity index (χ0n) is 13.3. The number of amides is 1. The van der Waals surface area contributed by atoms with Gasteiger partial charge in [0.1, 0.15) is 0 Å². The van der Waals surface area contributed by atoms with Crippen LogP contribution in [0.25, 0.3) is 0 Å². The highest BCUT2D eigenvalue weighted by Gasteiger charge is 2.06. The summed E-state index contributed by atoms with van der Waals surface area (Å²) in [7, 11) is 0. The molecule has 0 spiro atoms. The molecule has 0 fully saturated rings. The number of halogens is 2. The van der Waals surface area contributed by atoms with Gasteiger partial charge < -0.3 is 10.6 Å². The largest absolute Gasteiger partial charge is 0.385 e. The van der Waals surface area contributed by atoms with E-state index in [1.807, 2.05) is 0 Å². The number of rotatable bonds is 8. The minimum absolute atomic E-state index is 0.0470. The van der Waals surface area contributed by atoms with Crippen LogP contribution >= 0.6 is 23.2 Å². The predicted molar refractivity (Wildman–Crippen MR) is 99.1 cm³/mol. The molecule has 0 aliphatic carbocycles. The van der Waals surface area contributed by atoms with Crippen molar-refractivity contribution < 1.29 is 9.72 Å². The van der Waals surface area contributed by atoms with Crippen molar-refractivity contribution in [2.75, 3.05) is 11.9 Å². The second kappa shape index (κ2) is 9.25. The Bertz CT molecular complexity index is 751. The highest BCUT2D eigenvalue weighted by molar-refractivity contribution is 6.35. The molecular weight excluding hydrogens is 365 g/mol. The van der Waals surface area contributed by atoms with Crippen LogP contribution in [-0.2, 0) is 11.3 Å². The molecule has 0 aliphatic rings. The van der Waals surface area contributed by atoms with Gasteiger partial charge in [0.05, 0.1) is 4.92 Å². The van der Waals surface area contributed by atoms with Crippen molar-refractivity contribution in [1.82, 2.24) is 5.32 Å². The number of hydrogen-bond acceptors (Lipinski definition) is 4. The molecular formula is C17H17Cl2N3O3. The monoisotopic (exact) mass is 381 g/mol. The third kappa shape index (κ3) is 6.25. The van der Waals surface area contributed by atoms with Crippen molar-refractivity contribution in [2.24, 2.45) is 0 Å². The maximum Gasteiger partial charge on any atom is 0.269 e. The molecule has 6 nitrogen and oxygen atoms in total. The zero-order valence-corrected chi connectivity index (χ0v) is 14.8. The van der Waals surface area contributed by atoms with Crippen molar-refractivity contribution in [3.05, 3.63) is 68.2 Å². The quantitative estimate of drug-likeness (QED) is 0.402. The Balaban J connectivity index is 1.67. The first-order valence-corrected chi connectivity index (χ1v) is 8.40. The molecule has 0 aliphatic heterocycles. The third-order valence-electron chi connectivity index (χ3n) is 3.48. The lowest BCUT2D eigenvalue weighted by atomic mass is 10.2. The normalized spacial score (nSPS) is 10.3. The Kier molecular flexibility index (Phi) is 7.03. The van der Waals surface area contributed by atoms with Crippen molar-refractivity contribution in [3.63, 3.8) is 0 Å². The number of nitro benzene ring substituents is 1. The van der Waals surface area contributed by atoms with Crippen molar-refractivity contribution >= 4 is 40.5 Å². The Morgan fingerprint density at radius 3 is 2.48 bits per heavy atom. The molecule has 0 heterocycles. The molecule has 25 heavy (non-hydrogen) atoms. The van der Waals surface area contributed by atoms with Crippen LogP contribution < -0.4 is 10.6 Å². The summed E-state index contributed by atoms with van der Waals surface area (Å²) in [5.41, 5.74) is 1.63. The number of carbonyl (C=O) groups is 1. The van der Waals surface area contributed by atoms with Gasteiger partial charge in [0.15, 0.2) is 0 Å². The van der Waals surface area contributed by atoms with Gasteiger partial charge in [-0.15, -0.1) is 0 Å². The molecule has 0 saturated heterocycles. The van der Waals surface area contributed by atoms with E-state index in [4.69, 9.17) is 23.2 Å². The molecule has 1 amide bonds. The molecule has 0 bridgehead atoms. The fraction of sp³-hybridized carbons (Fsp3) is 0.235. The van der Waals surface area contributed by atoms with Crippen molar-refractivity contribution in [2.45, 2.75) is 19.4 Å². The molecule has 2 N–H and O–H groups in total. The Hall–Kier alpha value is -2.31. The van der Waals surface area contributed by atoms with E-state index in [1.165, 1.54) is 12.1 Å². The van der Waals surface area contributed by atoms with Gasteiger partial charge in [-0.05, 0) is 36.2 Å². The topological polar surface area (TPSA) is 84.3 Å². The first-order chi connectivity index (χ1) is 12.0. The van der Waals surface area contributed by atoms with E-state index >= 15 is 0 Å². The SMILES string of the molecule is O=C(CCCNc1ccc([N+](=O)[O-])cc1)NCc1ccc(Cl)cc1Cl. The van der Waals surface area contributed by atoms with Crippen LogP contribution in [0.4, 0.5) is 11.4 Å². The summed E-state index contributed by atoms with van der Waals surface area (Å²) >= 11 is 11.9. The van der Waals surface area contributed by atoms with Crippen LogP contribution in [0.15, 0.2) is 42.5 Å². The predicted octanol–water partition coefficient (Wildman–Crippen LogP) is 4.41. The lowest BCUT2D eigenvalue weighted by Gasteiger charge is -2.08. The molecule has 0 radical (unpaired) electrons. The Labute approximate surface area is 155 Å². The fourth-order valence-corrected chi connectivity index (χ4v) is 2.61. The maximum absolute atomic E-state index is 11.8. The molecule has 0 atom stereocenters. The second-order valence-corrected chi connectivity index (χ2v) is 6.19. The number of nitrogens with zero attached hydrogens (tertiary/aromatic N) is 1. The van der Waals surface area contributed by atoms with E-state index in [1.54, 1.807) is 30.3 Å². The maximum atomic E-state index is 11.8. The minimum Gasteiger partial charge on any atom is -0.385 e. The number of carbonyl (C=O) groups excluding carboxylic acids is 1. The van der Waals surface area contributed by atoms with Gasteiger partial charge in [0.25, 0.3) is 5.69 Å². The number of anilines is 1. The van der Waals surface area contributed by atoms with Gasteiger partial charge in [0, 0.05) is 47.4 Å². The van der Waals surface area contributed by atoms with Gasteiger partial charge in [-0.2, -0.15) is 0 Å². The van der Waals surface area contributed by atoms with Crippen molar-refractivity contribution in [1.29, 1.82) is 0 Å². The van der Waals surface area contributed by atoms with E-state index < -0.39 is 4.92 Å². The molecule has 0 saturated carbocycles. The minimum atomic E-state index is -0.443. The first kappa shape index (κ1) is 19.0. The van der Waals surface area contributed by atoms with Crippen LogP contribution in [0.1, 0.15) is 18.4 Å². The fourth-order valence-electron chi connectivity index (χ4n) is 2.13. The number of hydrogen-bond donors (Lipinski definition) is 2. The number of nitro groups is 1. The summed E-state index contributed by atoms with van der Waals surface area (Å²) in [4.78, 5) is 22.0. The van der Waals surface area contributed by atoms with Gasteiger partial charge in [-0.25, -0.2) is 0 Å². The van der Waals surface area contributed by atoms with Crippen molar-refractivity contribution in [3.8, 4) is 0 Å². The van der Waals surface area contributed by atoms with Crippen LogP contribution in [0.3, 0.4) is 0 Å². The summed E-state index contributed by atoms with van der Waals surface area (Å²) in [5, 5.41) is 17.6. The molecule has 2 rings (SSSR count). The van der Waals surface area contributed by atoms with Gasteiger partial charge >= 0.3 is 0 Å². The Morgan fingerprint density at radius 1 is 1.12 bits per heavy atom. The summed E-state index contributed by atoms with van der Waals surface area (Å²) < 4.78 is 0. The molecule has 0 aromatic heterocycles. The highest BCUT2D eigenvalue weighted by atomic mass is 35.5. The van der Waals surface area contributed by atoms with Gasteiger partial charge in [0.2, 0.25) is 5.91 Å². The van der Waals surface area contributed by atoms with Crippen LogP contribution in [-0.4, -0.2) is 17.4 Å². The molecule has 8 heteroatoms. The molecule has 132 valence electrons. The highest BCUT2D eigenvalue weighted by Crippen LogP contribution is 2.20. The summed E-state index contributed by atoms with van der Waals surface area (Å²) in [6, 6.07) is 11.3. The summed E-state index contributed by atoms with van der Waals surface area (Å²) in [5.74, 6) is -0.0727. The average molecular weight is 382 g/mol. The van der Waals surface area contributed by atoms with Gasteiger partial charge in [-0.3, -0.25) is 14.9 Å². The van der Waals surface area contributed by atoms with E-state index in [9.17, 15) is 14.9 Å². The second-order valence-electron chi connectivity index (χ2n) is 5.35. The first-order valence-electron chi connectivity index (χ1n) is 7.64. The smallest absolute Gasteiger partial charge is 0.269 e. The van der Waals surface area contributed by atoms with Gasteiger partial charge in [-0.1, -0.05) is 29.3 Å². The molecule has 0 unspecified atom stereocenters. The summed E-state index contributed by atoms with van der Waals surface area (Å²) in [6.45, 7) is 0.942. The number of nitrogens with one attached hydrogen (secondary N) is 2. The average Bonchev–Trinajstić information content (AvgIpc) is 2.58. The van der Waals surface area contributed by atoms with Crippen LogP contribution in [0.5, 0.6) is 0 Å². The lowest BCUT2D eigenvalue weighted by molar-refractivity contribution is -0.384. The molecule has 2 aromatic rings. The van der Waals surface area contributed by atoms with E-state index in [0.29, 0.717) is 36.0 Å². The number of benzene rings is 2.